The van der Waals surface area contributed by atoms with Crippen LogP contribution in [0.1, 0.15) is 24.9 Å². The summed E-state index contributed by atoms with van der Waals surface area (Å²) in [6.45, 7) is 2.03. The summed E-state index contributed by atoms with van der Waals surface area (Å²) < 4.78 is 10.4. The summed E-state index contributed by atoms with van der Waals surface area (Å²) in [5, 5.41) is 5.79. The molecule has 0 aromatic heterocycles. The van der Waals surface area contributed by atoms with Gasteiger partial charge in [0.2, 0.25) is 0 Å². The molecular weight excluding hydrogens is 292 g/mol. The van der Waals surface area contributed by atoms with Gasteiger partial charge in [-0.25, -0.2) is 4.79 Å². The Morgan fingerprint density at radius 2 is 1.74 bits per heavy atom. The molecule has 0 unspecified atom stereocenters. The highest BCUT2D eigenvalue weighted by molar-refractivity contribution is 5.91. The maximum absolute atomic E-state index is 12.2. The number of urea groups is 1. The molecule has 0 saturated carbocycles. The third-order valence-corrected chi connectivity index (χ3v) is 3.59. The minimum absolute atomic E-state index is 0.0735. The minimum Gasteiger partial charge on any atom is -0.497 e. The number of anilines is 1. The normalized spacial score (nSPS) is 11.4. The molecular formula is C18H22N2O3. The summed E-state index contributed by atoms with van der Waals surface area (Å²) in [6, 6.07) is 14.6. The van der Waals surface area contributed by atoms with Crippen LogP contribution in [0.2, 0.25) is 0 Å². The fraction of sp³-hybridized carbons (Fsp3) is 0.278. The molecule has 0 fully saturated rings. The predicted octanol–water partition coefficient (Wildman–Crippen LogP) is 3.98. The Hall–Kier alpha value is -2.69. The molecule has 5 heteroatoms. The van der Waals surface area contributed by atoms with Crippen molar-refractivity contribution in [3.63, 3.8) is 0 Å². The number of para-hydroxylation sites is 2. The van der Waals surface area contributed by atoms with Crippen LogP contribution < -0.4 is 20.1 Å². The van der Waals surface area contributed by atoms with Crippen molar-refractivity contribution in [2.24, 2.45) is 0 Å². The van der Waals surface area contributed by atoms with Crippen LogP contribution in [0.25, 0.3) is 0 Å². The third-order valence-electron chi connectivity index (χ3n) is 3.59. The molecule has 0 bridgehead atoms. The van der Waals surface area contributed by atoms with Gasteiger partial charge in [0.15, 0.2) is 0 Å². The van der Waals surface area contributed by atoms with E-state index in [4.69, 9.17) is 9.47 Å². The molecule has 0 saturated heterocycles. The molecule has 0 heterocycles. The highest BCUT2D eigenvalue weighted by Gasteiger charge is 2.14. The van der Waals surface area contributed by atoms with Crippen LogP contribution >= 0.6 is 0 Å². The summed E-state index contributed by atoms with van der Waals surface area (Å²) in [5.41, 5.74) is 1.67. The van der Waals surface area contributed by atoms with Crippen LogP contribution in [0, 0.1) is 0 Å². The van der Waals surface area contributed by atoms with Gasteiger partial charge in [-0.3, -0.25) is 0 Å². The number of carbonyl (C=O) groups excluding carboxylic acids is 1. The highest BCUT2D eigenvalue weighted by atomic mass is 16.5. The van der Waals surface area contributed by atoms with Crippen molar-refractivity contribution in [3.8, 4) is 11.5 Å². The Balaban J connectivity index is 2.04. The smallest absolute Gasteiger partial charge is 0.319 e. The second-order valence-corrected chi connectivity index (χ2v) is 5.03. The van der Waals surface area contributed by atoms with Crippen molar-refractivity contribution >= 4 is 11.7 Å². The van der Waals surface area contributed by atoms with E-state index in [2.05, 4.69) is 10.6 Å². The van der Waals surface area contributed by atoms with Crippen LogP contribution in [0.3, 0.4) is 0 Å². The molecule has 2 aromatic carbocycles. The molecule has 1 atom stereocenters. The standard InChI is InChI=1S/C18H22N2O3/c1-4-15(13-9-11-14(22-2)12-10-13)19-18(21)20-16-7-5-6-8-17(16)23-3/h5-12,15H,4H2,1-3H3,(H2,19,20,21)/t15-/m1/s1. The number of hydrogen-bond acceptors (Lipinski definition) is 3. The van der Waals surface area contributed by atoms with Crippen LogP contribution in [0.15, 0.2) is 48.5 Å². The predicted molar refractivity (Wildman–Crippen MR) is 91.2 cm³/mol. The van der Waals surface area contributed by atoms with Crippen molar-refractivity contribution in [3.05, 3.63) is 54.1 Å². The molecule has 2 N–H and O–H groups in total. The second kappa shape index (κ2) is 8.08. The number of ether oxygens (including phenoxy) is 2. The lowest BCUT2D eigenvalue weighted by Gasteiger charge is -2.19. The molecule has 0 spiro atoms. The summed E-state index contributed by atoms with van der Waals surface area (Å²) >= 11 is 0. The summed E-state index contributed by atoms with van der Waals surface area (Å²) in [6.07, 6.45) is 0.783. The molecule has 0 aliphatic carbocycles. The van der Waals surface area contributed by atoms with E-state index in [1.807, 2.05) is 43.3 Å². The fourth-order valence-electron chi connectivity index (χ4n) is 2.32. The lowest BCUT2D eigenvalue weighted by molar-refractivity contribution is 0.248. The monoisotopic (exact) mass is 314 g/mol. The van der Waals surface area contributed by atoms with E-state index in [0.29, 0.717) is 11.4 Å². The molecule has 5 nitrogen and oxygen atoms in total. The number of nitrogens with one attached hydrogen (secondary N) is 2. The average Bonchev–Trinajstić information content (AvgIpc) is 2.60. The fourth-order valence-corrected chi connectivity index (χ4v) is 2.32. The Morgan fingerprint density at radius 3 is 2.35 bits per heavy atom. The molecule has 0 aliphatic rings. The van der Waals surface area contributed by atoms with E-state index in [9.17, 15) is 4.79 Å². The maximum atomic E-state index is 12.2. The van der Waals surface area contributed by atoms with Gasteiger partial charge in [-0.05, 0) is 36.2 Å². The van der Waals surface area contributed by atoms with Gasteiger partial charge in [-0.1, -0.05) is 31.2 Å². The number of benzene rings is 2. The zero-order valence-corrected chi connectivity index (χ0v) is 13.6. The van der Waals surface area contributed by atoms with E-state index in [-0.39, 0.29) is 12.1 Å². The van der Waals surface area contributed by atoms with Gasteiger partial charge in [0.1, 0.15) is 11.5 Å². The van der Waals surface area contributed by atoms with E-state index in [0.717, 1.165) is 17.7 Å². The number of amides is 2. The quantitative estimate of drug-likeness (QED) is 0.848. The van der Waals surface area contributed by atoms with Crippen molar-refractivity contribution in [2.45, 2.75) is 19.4 Å². The molecule has 2 aromatic rings. The lowest BCUT2D eigenvalue weighted by Crippen LogP contribution is -2.32. The van der Waals surface area contributed by atoms with E-state index >= 15 is 0 Å². The van der Waals surface area contributed by atoms with Crippen LogP contribution in [-0.4, -0.2) is 20.3 Å². The van der Waals surface area contributed by atoms with Gasteiger partial charge in [-0.2, -0.15) is 0 Å². The lowest BCUT2D eigenvalue weighted by atomic mass is 10.0. The van der Waals surface area contributed by atoms with E-state index in [1.165, 1.54) is 0 Å². The van der Waals surface area contributed by atoms with Crippen molar-refractivity contribution < 1.29 is 14.3 Å². The first-order valence-electron chi connectivity index (χ1n) is 7.52. The molecule has 122 valence electrons. The number of hydrogen-bond donors (Lipinski definition) is 2. The molecule has 2 amide bonds. The summed E-state index contributed by atoms with van der Waals surface area (Å²) in [7, 11) is 3.20. The van der Waals surface area contributed by atoms with Gasteiger partial charge in [0.25, 0.3) is 0 Å². The first-order chi connectivity index (χ1) is 11.2. The summed E-state index contributed by atoms with van der Waals surface area (Å²) in [5.74, 6) is 1.42. The van der Waals surface area contributed by atoms with Crippen molar-refractivity contribution in [1.29, 1.82) is 0 Å². The SMILES string of the molecule is CC[C@@H](NC(=O)Nc1ccccc1OC)c1ccc(OC)cc1. The van der Waals surface area contributed by atoms with Gasteiger partial charge in [0.05, 0.1) is 25.9 Å². The van der Waals surface area contributed by atoms with Crippen LogP contribution in [0.5, 0.6) is 11.5 Å². The van der Waals surface area contributed by atoms with Gasteiger partial charge >= 0.3 is 6.03 Å². The minimum atomic E-state index is -0.267. The number of carbonyl (C=O) groups is 1. The Labute approximate surface area is 136 Å². The van der Waals surface area contributed by atoms with E-state index < -0.39 is 0 Å². The van der Waals surface area contributed by atoms with Crippen LogP contribution in [-0.2, 0) is 0 Å². The zero-order chi connectivity index (χ0) is 16.7. The van der Waals surface area contributed by atoms with Gasteiger partial charge in [0, 0.05) is 0 Å². The summed E-state index contributed by atoms with van der Waals surface area (Å²) in [4.78, 5) is 12.2. The van der Waals surface area contributed by atoms with Crippen molar-refractivity contribution in [2.75, 3.05) is 19.5 Å². The largest absolute Gasteiger partial charge is 0.497 e. The first kappa shape index (κ1) is 16.7. The van der Waals surface area contributed by atoms with Crippen LogP contribution in [0.4, 0.5) is 10.5 Å². The zero-order valence-electron chi connectivity index (χ0n) is 13.6. The Morgan fingerprint density at radius 1 is 1.04 bits per heavy atom. The molecule has 0 aliphatic heterocycles. The average molecular weight is 314 g/mol. The van der Waals surface area contributed by atoms with Gasteiger partial charge < -0.3 is 20.1 Å². The Kier molecular flexibility index (Phi) is 5.86. The highest BCUT2D eigenvalue weighted by Crippen LogP contribution is 2.24. The second-order valence-electron chi connectivity index (χ2n) is 5.03. The molecule has 0 radical (unpaired) electrons. The van der Waals surface area contributed by atoms with E-state index in [1.54, 1.807) is 26.4 Å². The maximum Gasteiger partial charge on any atom is 0.319 e. The molecule has 2 rings (SSSR count). The number of rotatable bonds is 6. The third kappa shape index (κ3) is 4.39. The van der Waals surface area contributed by atoms with Crippen molar-refractivity contribution in [1.82, 2.24) is 5.32 Å². The first-order valence-corrected chi connectivity index (χ1v) is 7.52. The number of methoxy groups -OCH3 is 2. The molecule has 23 heavy (non-hydrogen) atoms. The topological polar surface area (TPSA) is 59.6 Å². The van der Waals surface area contributed by atoms with Gasteiger partial charge in [-0.15, -0.1) is 0 Å². The Bertz CT molecular complexity index is 641.